The van der Waals surface area contributed by atoms with E-state index in [-0.39, 0.29) is 5.88 Å². The zero-order chi connectivity index (χ0) is 7.28. The number of hydrogen-bond acceptors (Lipinski definition) is 3. The van der Waals surface area contributed by atoms with E-state index in [0.717, 1.165) is 12.0 Å². The Bertz CT molecular complexity index is 110. The molecule has 0 spiro atoms. The van der Waals surface area contributed by atoms with Crippen LogP contribution in [0.2, 0.25) is 0 Å². The van der Waals surface area contributed by atoms with Crippen molar-refractivity contribution in [2.75, 3.05) is 13.6 Å². The minimum Gasteiger partial charge on any atom is -0.495 e. The van der Waals surface area contributed by atoms with Gasteiger partial charge in [-0.05, 0) is 25.5 Å². The second-order valence-electron chi connectivity index (χ2n) is 1.92. The van der Waals surface area contributed by atoms with Gasteiger partial charge in [0.15, 0.2) is 5.88 Å². The lowest BCUT2D eigenvalue weighted by Gasteiger charge is -2.02. The summed E-state index contributed by atoms with van der Waals surface area (Å²) in [5.41, 5.74) is 6.15. The first-order valence-electron chi connectivity index (χ1n) is 2.99. The first kappa shape index (κ1) is 8.30. The molecule has 0 amide bonds. The highest BCUT2D eigenvalue weighted by molar-refractivity contribution is 5.01. The third-order valence-electron chi connectivity index (χ3n) is 1.16. The maximum Gasteiger partial charge on any atom is 0.182 e. The van der Waals surface area contributed by atoms with Gasteiger partial charge in [0.2, 0.25) is 0 Å². The first-order valence-corrected chi connectivity index (χ1v) is 2.99. The topological polar surface area (TPSA) is 58.3 Å². The van der Waals surface area contributed by atoms with Crippen LogP contribution in [0.5, 0.6) is 0 Å². The number of aliphatic hydroxyl groups excluding tert-OH is 1. The third-order valence-corrected chi connectivity index (χ3v) is 1.16. The van der Waals surface area contributed by atoms with Gasteiger partial charge < -0.3 is 16.2 Å². The van der Waals surface area contributed by atoms with Gasteiger partial charge in [-0.15, -0.1) is 0 Å². The maximum absolute atomic E-state index is 8.97. The lowest BCUT2D eigenvalue weighted by molar-refractivity contribution is 0.366. The molecule has 0 heterocycles. The van der Waals surface area contributed by atoms with Gasteiger partial charge >= 0.3 is 0 Å². The summed E-state index contributed by atoms with van der Waals surface area (Å²) in [5, 5.41) is 11.6. The fraction of sp³-hybridized carbons (Fsp3) is 0.667. The normalized spacial score (nSPS) is 12.8. The fourth-order valence-electron chi connectivity index (χ4n) is 0.548. The number of rotatable bonds is 3. The second kappa shape index (κ2) is 4.21. The van der Waals surface area contributed by atoms with Gasteiger partial charge in [0.25, 0.3) is 0 Å². The largest absolute Gasteiger partial charge is 0.495 e. The Morgan fingerprint density at radius 3 is 2.56 bits per heavy atom. The Morgan fingerprint density at radius 1 is 1.67 bits per heavy atom. The van der Waals surface area contributed by atoms with Gasteiger partial charge in [0.05, 0.1) is 0 Å². The Balaban J connectivity index is 3.78. The lowest BCUT2D eigenvalue weighted by atomic mass is 10.2. The molecule has 4 N–H and O–H groups in total. The van der Waals surface area contributed by atoms with E-state index in [0.29, 0.717) is 6.54 Å². The van der Waals surface area contributed by atoms with E-state index in [1.54, 1.807) is 7.05 Å². The molecule has 0 aliphatic carbocycles. The van der Waals surface area contributed by atoms with Crippen LogP contribution in [0.25, 0.3) is 0 Å². The quantitative estimate of drug-likeness (QED) is 0.483. The lowest BCUT2D eigenvalue weighted by Crippen LogP contribution is -2.09. The highest BCUT2D eigenvalue weighted by Gasteiger charge is 1.93. The molecule has 0 aromatic carbocycles. The van der Waals surface area contributed by atoms with Crippen molar-refractivity contribution in [1.82, 2.24) is 5.32 Å². The summed E-state index contributed by atoms with van der Waals surface area (Å²) in [6.07, 6.45) is 0.743. The van der Waals surface area contributed by atoms with Crippen molar-refractivity contribution in [2.24, 2.45) is 5.73 Å². The zero-order valence-corrected chi connectivity index (χ0v) is 5.94. The van der Waals surface area contributed by atoms with E-state index in [1.165, 1.54) is 0 Å². The monoisotopic (exact) mass is 130 g/mol. The van der Waals surface area contributed by atoms with Crippen LogP contribution in [-0.2, 0) is 0 Å². The molecule has 0 unspecified atom stereocenters. The molecule has 9 heavy (non-hydrogen) atoms. The van der Waals surface area contributed by atoms with E-state index in [9.17, 15) is 0 Å². The third kappa shape index (κ3) is 2.98. The van der Waals surface area contributed by atoms with Crippen LogP contribution < -0.4 is 11.1 Å². The van der Waals surface area contributed by atoms with Crippen molar-refractivity contribution >= 4 is 0 Å². The van der Waals surface area contributed by atoms with Crippen LogP contribution in [0.15, 0.2) is 11.5 Å². The van der Waals surface area contributed by atoms with Crippen molar-refractivity contribution in [3.63, 3.8) is 0 Å². The molecular formula is C6H14N2O. The molecule has 3 nitrogen and oxygen atoms in total. The minimum absolute atomic E-state index is 0.237. The molecule has 0 aromatic rings. The number of hydrogen-bond donors (Lipinski definition) is 3. The molecule has 54 valence electrons. The Kier molecular flexibility index (Phi) is 3.88. The van der Waals surface area contributed by atoms with Gasteiger partial charge in [-0.25, -0.2) is 0 Å². The summed E-state index contributed by atoms with van der Waals surface area (Å²) in [6, 6.07) is 0. The molecule has 0 aliphatic heterocycles. The Morgan fingerprint density at radius 2 is 2.22 bits per heavy atom. The Labute approximate surface area is 55.6 Å². The molecule has 0 bridgehead atoms. The van der Waals surface area contributed by atoms with E-state index in [1.807, 2.05) is 6.92 Å². The van der Waals surface area contributed by atoms with Crippen LogP contribution in [0.1, 0.15) is 13.3 Å². The predicted molar refractivity (Wildman–Crippen MR) is 38.1 cm³/mol. The van der Waals surface area contributed by atoms with Crippen LogP contribution in [0.3, 0.4) is 0 Å². The number of nitrogens with two attached hydrogens (primary N) is 1. The molecule has 0 fully saturated rings. The molecule has 3 heteroatoms. The van der Waals surface area contributed by atoms with Crippen molar-refractivity contribution in [3.8, 4) is 0 Å². The zero-order valence-electron chi connectivity index (χ0n) is 5.94. The Hall–Kier alpha value is -0.700. The van der Waals surface area contributed by atoms with Crippen molar-refractivity contribution in [3.05, 3.63) is 11.5 Å². The molecule has 0 saturated carbocycles. The minimum atomic E-state index is 0.237. The van der Waals surface area contributed by atoms with E-state index in [2.05, 4.69) is 5.32 Å². The van der Waals surface area contributed by atoms with Crippen molar-refractivity contribution in [1.29, 1.82) is 0 Å². The fourth-order valence-corrected chi connectivity index (χ4v) is 0.548. The number of aliphatic hydroxyl groups is 1. The predicted octanol–water partition coefficient (Wildman–Crippen LogP) is 0.344. The molecular weight excluding hydrogens is 116 g/mol. The molecule has 0 radical (unpaired) electrons. The van der Waals surface area contributed by atoms with Crippen LogP contribution in [0, 0.1) is 0 Å². The van der Waals surface area contributed by atoms with Gasteiger partial charge in [-0.3, -0.25) is 0 Å². The standard InChI is InChI=1S/C6H14N2O/c1-5(3-4-7)6(9)8-2/h8-9H,3-4,7H2,1-2H3/b6-5+. The second-order valence-corrected chi connectivity index (χ2v) is 1.92. The summed E-state index contributed by atoms with van der Waals surface area (Å²) in [5.74, 6) is 0.237. The SMILES string of the molecule is CN/C(O)=C(/C)CCN. The highest BCUT2D eigenvalue weighted by atomic mass is 16.3. The smallest absolute Gasteiger partial charge is 0.182 e. The summed E-state index contributed by atoms with van der Waals surface area (Å²) in [4.78, 5) is 0. The van der Waals surface area contributed by atoms with Crippen molar-refractivity contribution < 1.29 is 5.11 Å². The summed E-state index contributed by atoms with van der Waals surface area (Å²) in [6.45, 7) is 2.43. The average molecular weight is 130 g/mol. The molecule has 0 atom stereocenters. The van der Waals surface area contributed by atoms with Crippen LogP contribution in [-0.4, -0.2) is 18.7 Å². The van der Waals surface area contributed by atoms with Gasteiger partial charge in [-0.1, -0.05) is 0 Å². The van der Waals surface area contributed by atoms with E-state index >= 15 is 0 Å². The van der Waals surface area contributed by atoms with Crippen molar-refractivity contribution in [2.45, 2.75) is 13.3 Å². The summed E-state index contributed by atoms with van der Waals surface area (Å²) >= 11 is 0. The molecule has 0 aromatic heterocycles. The molecule has 0 aliphatic rings. The summed E-state index contributed by atoms with van der Waals surface area (Å²) in [7, 11) is 1.68. The van der Waals surface area contributed by atoms with E-state index in [4.69, 9.17) is 10.8 Å². The summed E-state index contributed by atoms with van der Waals surface area (Å²) < 4.78 is 0. The highest BCUT2D eigenvalue weighted by Crippen LogP contribution is 1.99. The van der Waals surface area contributed by atoms with Crippen LogP contribution in [0.4, 0.5) is 0 Å². The van der Waals surface area contributed by atoms with Crippen LogP contribution >= 0.6 is 0 Å². The van der Waals surface area contributed by atoms with Gasteiger partial charge in [0, 0.05) is 7.05 Å². The van der Waals surface area contributed by atoms with Gasteiger partial charge in [0.1, 0.15) is 0 Å². The van der Waals surface area contributed by atoms with E-state index < -0.39 is 0 Å². The molecule has 0 saturated heterocycles. The first-order chi connectivity index (χ1) is 4.22. The molecule has 0 rings (SSSR count). The maximum atomic E-state index is 8.97. The van der Waals surface area contributed by atoms with Gasteiger partial charge in [-0.2, -0.15) is 0 Å². The number of nitrogens with one attached hydrogen (secondary N) is 1. The average Bonchev–Trinajstić information content (AvgIpc) is 1.87.